The van der Waals surface area contributed by atoms with E-state index in [1.54, 1.807) is 91.0 Å². The minimum absolute atomic E-state index is 0.000597. The first-order valence-corrected chi connectivity index (χ1v) is 21.0. The summed E-state index contributed by atoms with van der Waals surface area (Å²) in [5.74, 6) is -2.05. The molecule has 0 bridgehead atoms. The molecule has 5 atom stereocenters. The minimum atomic E-state index is -2.37. The molecule has 284 valence electrons. The van der Waals surface area contributed by atoms with E-state index in [1.807, 2.05) is 13.0 Å². The summed E-state index contributed by atoms with van der Waals surface area (Å²) in [7, 11) is -2.37. The van der Waals surface area contributed by atoms with Crippen LogP contribution in [0.5, 0.6) is 0 Å². The van der Waals surface area contributed by atoms with Gasteiger partial charge in [-0.1, -0.05) is 98.7 Å². The Kier molecular flexibility index (Phi) is 14.9. The number of esters is 3. The monoisotopic (exact) mass is 742 g/mol. The van der Waals surface area contributed by atoms with E-state index in [-0.39, 0.29) is 34.9 Å². The summed E-state index contributed by atoms with van der Waals surface area (Å²) in [6, 6.07) is 25.4. The van der Waals surface area contributed by atoms with Crippen LogP contribution in [-0.2, 0) is 28.1 Å². The van der Waals surface area contributed by atoms with Gasteiger partial charge in [0.15, 0.2) is 32.9 Å². The number of allylic oxidation sites excluding steroid dienone is 3. The second-order valence-electron chi connectivity index (χ2n) is 15.0. The molecular formula is C43H54O9Si. The van der Waals surface area contributed by atoms with Gasteiger partial charge in [-0.3, -0.25) is 0 Å². The van der Waals surface area contributed by atoms with Gasteiger partial charge in [0, 0.05) is 0 Å². The fraction of sp³-hybridized carbons (Fsp3) is 0.419. The van der Waals surface area contributed by atoms with Crippen molar-refractivity contribution in [1.82, 2.24) is 0 Å². The lowest BCUT2D eigenvalue weighted by Crippen LogP contribution is -2.63. The zero-order valence-electron chi connectivity index (χ0n) is 32.2. The zero-order chi connectivity index (χ0) is 38.6. The Morgan fingerprint density at radius 3 is 1.58 bits per heavy atom. The van der Waals surface area contributed by atoms with Gasteiger partial charge in [-0.15, -0.1) is 0 Å². The third-order valence-electron chi connectivity index (χ3n) is 9.55. The van der Waals surface area contributed by atoms with Crippen LogP contribution in [0.1, 0.15) is 85.5 Å². The highest BCUT2D eigenvalue weighted by Crippen LogP contribution is 2.38. The molecule has 0 unspecified atom stereocenters. The molecule has 9 nitrogen and oxygen atoms in total. The van der Waals surface area contributed by atoms with Gasteiger partial charge in [0.2, 0.25) is 0 Å². The summed E-state index contributed by atoms with van der Waals surface area (Å²) in [6.07, 6.45) is -0.281. The molecular weight excluding hydrogens is 689 g/mol. The Balaban J connectivity index is 1.78. The fourth-order valence-electron chi connectivity index (χ4n) is 5.33. The largest absolute Gasteiger partial charge is 0.452 e. The highest BCUT2D eigenvalue weighted by molar-refractivity contribution is 6.74. The number of ether oxygens (including phenoxy) is 5. The van der Waals surface area contributed by atoms with E-state index in [9.17, 15) is 14.4 Å². The average molecular weight is 743 g/mol. The van der Waals surface area contributed by atoms with Crippen molar-refractivity contribution >= 4 is 26.2 Å². The number of carbonyl (C=O) groups is 3. The number of benzene rings is 3. The molecule has 0 radical (unpaired) electrons. The normalized spacial score (nSPS) is 20.6. The first kappa shape index (κ1) is 41.4. The van der Waals surface area contributed by atoms with Crippen LogP contribution in [0.4, 0.5) is 0 Å². The summed E-state index contributed by atoms with van der Waals surface area (Å²) in [6.45, 7) is 16.8. The Bertz CT molecular complexity index is 1690. The number of carbonyl (C=O) groups excluding carboxylic acids is 3. The maximum absolute atomic E-state index is 13.8. The third kappa shape index (κ3) is 12.1. The van der Waals surface area contributed by atoms with Gasteiger partial charge in [-0.05, 0) is 88.1 Å². The van der Waals surface area contributed by atoms with E-state index in [2.05, 4.69) is 53.8 Å². The highest BCUT2D eigenvalue weighted by Gasteiger charge is 2.54. The molecule has 0 aromatic heterocycles. The molecule has 1 aliphatic heterocycles. The second-order valence-corrected chi connectivity index (χ2v) is 19.8. The van der Waals surface area contributed by atoms with Crippen molar-refractivity contribution < 1.29 is 42.5 Å². The third-order valence-corrected chi connectivity index (χ3v) is 14.0. The maximum Gasteiger partial charge on any atom is 0.338 e. The topological polar surface area (TPSA) is 107 Å². The summed E-state index contributed by atoms with van der Waals surface area (Å²) < 4.78 is 38.1. The van der Waals surface area contributed by atoms with Crippen LogP contribution >= 0.6 is 0 Å². The summed E-state index contributed by atoms with van der Waals surface area (Å²) in [5.41, 5.74) is 3.18. The van der Waals surface area contributed by atoms with Gasteiger partial charge >= 0.3 is 17.9 Å². The molecule has 0 N–H and O–H groups in total. The molecule has 1 saturated heterocycles. The van der Waals surface area contributed by atoms with Crippen LogP contribution in [-0.4, -0.2) is 70.1 Å². The minimum Gasteiger partial charge on any atom is -0.452 e. The summed E-state index contributed by atoms with van der Waals surface area (Å²) in [4.78, 5) is 41.2. The molecule has 10 heteroatoms. The van der Waals surface area contributed by atoms with Gasteiger partial charge < -0.3 is 28.1 Å². The Morgan fingerprint density at radius 1 is 0.679 bits per heavy atom. The van der Waals surface area contributed by atoms with Crippen molar-refractivity contribution in [2.75, 3.05) is 13.2 Å². The lowest BCUT2D eigenvalue weighted by atomic mass is 9.97. The molecule has 4 rings (SSSR count). The van der Waals surface area contributed by atoms with Crippen molar-refractivity contribution in [2.45, 2.75) is 103 Å². The van der Waals surface area contributed by atoms with Gasteiger partial charge in [0.1, 0.15) is 6.10 Å². The maximum atomic E-state index is 13.8. The molecule has 1 fully saturated rings. The quantitative estimate of drug-likeness (QED) is 0.0652. The van der Waals surface area contributed by atoms with E-state index in [0.717, 1.165) is 18.4 Å². The highest BCUT2D eigenvalue weighted by atomic mass is 28.4. The second kappa shape index (κ2) is 19.1. The van der Waals surface area contributed by atoms with E-state index < -0.39 is 56.9 Å². The van der Waals surface area contributed by atoms with Crippen LogP contribution < -0.4 is 0 Å². The predicted molar refractivity (Wildman–Crippen MR) is 207 cm³/mol. The smallest absolute Gasteiger partial charge is 0.338 e. The number of rotatable bonds is 15. The van der Waals surface area contributed by atoms with Crippen LogP contribution in [0.25, 0.3) is 0 Å². The van der Waals surface area contributed by atoms with Crippen LogP contribution in [0, 0.1) is 0 Å². The SMILES string of the molecule is CC(C)=CCC/C(C)=C/CO[C@@H]1O[C@H](CO[Si](C)(C)C(C)(C)C)[C@@H](OC(=O)c2ccccc2)[C@H](OC(=O)c2ccccc2)[C@H]1OC(=O)c1ccccc1. The Labute approximate surface area is 315 Å². The Morgan fingerprint density at radius 2 is 1.13 bits per heavy atom. The van der Waals surface area contributed by atoms with E-state index in [1.165, 1.54) is 5.57 Å². The van der Waals surface area contributed by atoms with Gasteiger partial charge in [0.25, 0.3) is 0 Å². The zero-order valence-corrected chi connectivity index (χ0v) is 33.2. The van der Waals surface area contributed by atoms with E-state index in [0.29, 0.717) is 0 Å². The van der Waals surface area contributed by atoms with E-state index >= 15 is 0 Å². The number of hydrogen-bond donors (Lipinski definition) is 0. The first-order chi connectivity index (χ1) is 25.2. The van der Waals surface area contributed by atoms with Crippen molar-refractivity contribution in [3.05, 3.63) is 131 Å². The average Bonchev–Trinajstić information content (AvgIpc) is 3.13. The van der Waals surface area contributed by atoms with Gasteiger partial charge in [0.05, 0.1) is 29.9 Å². The molecule has 1 heterocycles. The molecule has 0 amide bonds. The predicted octanol–water partition coefficient (Wildman–Crippen LogP) is 9.12. The molecule has 0 aliphatic carbocycles. The molecule has 53 heavy (non-hydrogen) atoms. The van der Waals surface area contributed by atoms with Crippen molar-refractivity contribution in [3.8, 4) is 0 Å². The van der Waals surface area contributed by atoms with Crippen molar-refractivity contribution in [1.29, 1.82) is 0 Å². The summed E-state index contributed by atoms with van der Waals surface area (Å²) in [5, 5.41) is -0.144. The molecule has 3 aromatic rings. The Hall–Kier alpha value is -4.35. The van der Waals surface area contributed by atoms with E-state index in [4.69, 9.17) is 28.1 Å². The molecule has 3 aromatic carbocycles. The van der Waals surface area contributed by atoms with Crippen molar-refractivity contribution in [2.24, 2.45) is 0 Å². The number of hydrogen-bond acceptors (Lipinski definition) is 9. The van der Waals surface area contributed by atoms with Gasteiger partial charge in [-0.25, -0.2) is 14.4 Å². The standard InChI is InChI=1S/C43H54O9Si/c1-30(2)19-18-20-31(3)27-28-47-42-38(52-41(46)34-25-16-11-17-26-34)37(51-40(45)33-23-14-10-15-24-33)36(50-39(44)32-21-12-9-13-22-32)35(49-42)29-48-53(7,8)43(4,5)6/h9-17,19,21-27,35-38,42H,18,20,28-29H2,1-8H3/b31-27+/t35-,36-,37+,38-,42-/m1/s1. The van der Waals surface area contributed by atoms with Crippen LogP contribution in [0.3, 0.4) is 0 Å². The fourth-order valence-corrected chi connectivity index (χ4v) is 6.34. The molecule has 0 spiro atoms. The molecule has 1 aliphatic rings. The molecule has 0 saturated carbocycles. The lowest BCUT2D eigenvalue weighted by Gasteiger charge is -2.45. The van der Waals surface area contributed by atoms with Crippen molar-refractivity contribution in [3.63, 3.8) is 0 Å². The summed E-state index contributed by atoms with van der Waals surface area (Å²) >= 11 is 0. The van der Waals surface area contributed by atoms with Gasteiger partial charge in [-0.2, -0.15) is 0 Å². The first-order valence-electron chi connectivity index (χ1n) is 18.1. The van der Waals surface area contributed by atoms with Crippen LogP contribution in [0.15, 0.2) is 114 Å². The lowest BCUT2D eigenvalue weighted by molar-refractivity contribution is -0.295. The van der Waals surface area contributed by atoms with Crippen LogP contribution in [0.2, 0.25) is 18.1 Å².